The zero-order valence-corrected chi connectivity index (χ0v) is 7.96. The van der Waals surface area contributed by atoms with Crippen LogP contribution in [0.1, 0.15) is 18.5 Å². The van der Waals surface area contributed by atoms with Crippen LogP contribution in [0.15, 0.2) is 36.9 Å². The summed E-state index contributed by atoms with van der Waals surface area (Å²) in [6, 6.07) is 8.13. The van der Waals surface area contributed by atoms with E-state index in [9.17, 15) is 0 Å². The summed E-state index contributed by atoms with van der Waals surface area (Å²) in [5, 5.41) is 3.25. The molecule has 0 bridgehead atoms. The Labute approximate surface area is 79.5 Å². The predicted molar refractivity (Wildman–Crippen MR) is 57.7 cm³/mol. The Morgan fingerprint density at radius 2 is 2.23 bits per heavy atom. The fourth-order valence-corrected chi connectivity index (χ4v) is 1.24. The van der Waals surface area contributed by atoms with Crippen molar-refractivity contribution in [3.63, 3.8) is 0 Å². The van der Waals surface area contributed by atoms with Crippen LogP contribution in [0.3, 0.4) is 0 Å². The molecule has 0 aliphatic rings. The molecule has 1 aromatic rings. The highest BCUT2D eigenvalue weighted by Crippen LogP contribution is 2.20. The summed E-state index contributed by atoms with van der Waals surface area (Å²) >= 11 is 0. The third kappa shape index (κ3) is 2.60. The highest BCUT2D eigenvalue weighted by Gasteiger charge is 2.03. The van der Waals surface area contributed by atoms with Gasteiger partial charge < -0.3 is 11.1 Å². The SMILES string of the molecule is C=CCNc1ccccc1C(C)N. The number of nitrogens with one attached hydrogen (secondary N) is 1. The molecule has 0 radical (unpaired) electrons. The van der Waals surface area contributed by atoms with E-state index in [0.29, 0.717) is 0 Å². The molecule has 0 amide bonds. The maximum Gasteiger partial charge on any atom is 0.0390 e. The lowest BCUT2D eigenvalue weighted by Crippen LogP contribution is -2.09. The molecule has 0 spiro atoms. The Balaban J connectivity index is 2.84. The molecule has 1 atom stereocenters. The first-order chi connectivity index (χ1) is 6.25. The minimum Gasteiger partial charge on any atom is -0.381 e. The summed E-state index contributed by atoms with van der Waals surface area (Å²) in [6.07, 6.45) is 1.83. The lowest BCUT2D eigenvalue weighted by Gasteiger charge is -2.12. The van der Waals surface area contributed by atoms with E-state index in [2.05, 4.69) is 11.9 Å². The van der Waals surface area contributed by atoms with Crippen molar-refractivity contribution in [1.82, 2.24) is 0 Å². The fraction of sp³-hybridized carbons (Fsp3) is 0.273. The van der Waals surface area contributed by atoms with Crippen LogP contribution in [0.2, 0.25) is 0 Å². The second-order valence-corrected chi connectivity index (χ2v) is 3.05. The number of anilines is 1. The van der Waals surface area contributed by atoms with Gasteiger partial charge in [0.05, 0.1) is 0 Å². The van der Waals surface area contributed by atoms with Crippen molar-refractivity contribution in [3.05, 3.63) is 42.5 Å². The average molecular weight is 176 g/mol. The van der Waals surface area contributed by atoms with Gasteiger partial charge in [0.1, 0.15) is 0 Å². The molecular weight excluding hydrogens is 160 g/mol. The molecular formula is C11H16N2. The van der Waals surface area contributed by atoms with Crippen molar-refractivity contribution in [2.45, 2.75) is 13.0 Å². The van der Waals surface area contributed by atoms with Crippen molar-refractivity contribution >= 4 is 5.69 Å². The third-order valence-corrected chi connectivity index (χ3v) is 1.89. The molecule has 13 heavy (non-hydrogen) atoms. The van der Waals surface area contributed by atoms with E-state index >= 15 is 0 Å². The van der Waals surface area contributed by atoms with Gasteiger partial charge in [-0.25, -0.2) is 0 Å². The van der Waals surface area contributed by atoms with E-state index in [1.54, 1.807) is 0 Å². The fourth-order valence-electron chi connectivity index (χ4n) is 1.24. The van der Waals surface area contributed by atoms with E-state index in [1.807, 2.05) is 37.3 Å². The van der Waals surface area contributed by atoms with E-state index in [4.69, 9.17) is 5.73 Å². The first-order valence-corrected chi connectivity index (χ1v) is 4.45. The molecule has 0 heterocycles. The molecule has 1 rings (SSSR count). The van der Waals surface area contributed by atoms with Crippen LogP contribution < -0.4 is 11.1 Å². The van der Waals surface area contributed by atoms with E-state index in [0.717, 1.165) is 17.8 Å². The lowest BCUT2D eigenvalue weighted by molar-refractivity contribution is 0.819. The molecule has 70 valence electrons. The third-order valence-electron chi connectivity index (χ3n) is 1.89. The number of para-hydroxylation sites is 1. The molecule has 0 aromatic heterocycles. The zero-order valence-electron chi connectivity index (χ0n) is 7.96. The van der Waals surface area contributed by atoms with Gasteiger partial charge in [-0.2, -0.15) is 0 Å². The minimum absolute atomic E-state index is 0.0634. The van der Waals surface area contributed by atoms with Gasteiger partial charge in [-0.05, 0) is 18.6 Å². The molecule has 3 N–H and O–H groups in total. The van der Waals surface area contributed by atoms with Crippen LogP contribution in [-0.4, -0.2) is 6.54 Å². The zero-order chi connectivity index (χ0) is 9.68. The van der Waals surface area contributed by atoms with Crippen LogP contribution in [-0.2, 0) is 0 Å². The summed E-state index contributed by atoms with van der Waals surface area (Å²) in [5.41, 5.74) is 8.06. The van der Waals surface area contributed by atoms with Gasteiger partial charge in [0.2, 0.25) is 0 Å². The van der Waals surface area contributed by atoms with Crippen LogP contribution in [0.25, 0.3) is 0 Å². The monoisotopic (exact) mass is 176 g/mol. The maximum absolute atomic E-state index is 5.82. The molecule has 0 aliphatic heterocycles. The van der Waals surface area contributed by atoms with Gasteiger partial charge in [-0.1, -0.05) is 24.3 Å². The largest absolute Gasteiger partial charge is 0.381 e. The Kier molecular flexibility index (Phi) is 3.53. The van der Waals surface area contributed by atoms with Gasteiger partial charge in [0, 0.05) is 18.3 Å². The van der Waals surface area contributed by atoms with Gasteiger partial charge in [0.25, 0.3) is 0 Å². The second-order valence-electron chi connectivity index (χ2n) is 3.05. The second kappa shape index (κ2) is 4.67. The summed E-state index contributed by atoms with van der Waals surface area (Å²) < 4.78 is 0. The van der Waals surface area contributed by atoms with Crippen molar-refractivity contribution in [2.24, 2.45) is 5.73 Å². The Morgan fingerprint density at radius 3 is 2.85 bits per heavy atom. The van der Waals surface area contributed by atoms with Crippen LogP contribution in [0.5, 0.6) is 0 Å². The Morgan fingerprint density at radius 1 is 1.54 bits per heavy atom. The van der Waals surface area contributed by atoms with Crippen LogP contribution in [0.4, 0.5) is 5.69 Å². The van der Waals surface area contributed by atoms with Gasteiger partial charge in [0.15, 0.2) is 0 Å². The van der Waals surface area contributed by atoms with Crippen molar-refractivity contribution in [2.75, 3.05) is 11.9 Å². The van der Waals surface area contributed by atoms with Crippen molar-refractivity contribution < 1.29 is 0 Å². The average Bonchev–Trinajstić information content (AvgIpc) is 2.15. The van der Waals surface area contributed by atoms with E-state index in [1.165, 1.54) is 0 Å². The maximum atomic E-state index is 5.82. The molecule has 2 heteroatoms. The molecule has 1 aromatic carbocycles. The first-order valence-electron chi connectivity index (χ1n) is 4.45. The van der Waals surface area contributed by atoms with Gasteiger partial charge in [-0.15, -0.1) is 6.58 Å². The molecule has 2 nitrogen and oxygen atoms in total. The summed E-state index contributed by atoms with van der Waals surface area (Å²) in [4.78, 5) is 0. The van der Waals surface area contributed by atoms with Crippen molar-refractivity contribution in [1.29, 1.82) is 0 Å². The van der Waals surface area contributed by atoms with E-state index < -0.39 is 0 Å². The number of rotatable bonds is 4. The van der Waals surface area contributed by atoms with Crippen LogP contribution in [0, 0.1) is 0 Å². The predicted octanol–water partition coefficient (Wildman–Crippen LogP) is 2.30. The van der Waals surface area contributed by atoms with Crippen molar-refractivity contribution in [3.8, 4) is 0 Å². The molecule has 1 unspecified atom stereocenters. The summed E-state index contributed by atoms with van der Waals surface area (Å²) in [7, 11) is 0. The summed E-state index contributed by atoms with van der Waals surface area (Å²) in [6.45, 7) is 6.40. The molecule has 0 saturated carbocycles. The highest BCUT2D eigenvalue weighted by molar-refractivity contribution is 5.52. The topological polar surface area (TPSA) is 38.0 Å². The smallest absolute Gasteiger partial charge is 0.0390 e. The summed E-state index contributed by atoms with van der Waals surface area (Å²) in [5.74, 6) is 0. The quantitative estimate of drug-likeness (QED) is 0.691. The normalized spacial score (nSPS) is 12.2. The van der Waals surface area contributed by atoms with Gasteiger partial charge in [-0.3, -0.25) is 0 Å². The Hall–Kier alpha value is -1.28. The minimum atomic E-state index is 0.0634. The number of hydrogen-bond donors (Lipinski definition) is 2. The Bertz CT molecular complexity index is 279. The first kappa shape index (κ1) is 9.81. The molecule has 0 aliphatic carbocycles. The molecule has 0 saturated heterocycles. The standard InChI is InChI=1S/C11H16N2/c1-3-8-13-11-7-5-4-6-10(11)9(2)12/h3-7,9,13H,1,8,12H2,2H3. The number of nitrogens with two attached hydrogens (primary N) is 1. The molecule has 0 fully saturated rings. The van der Waals surface area contributed by atoms with E-state index in [-0.39, 0.29) is 6.04 Å². The van der Waals surface area contributed by atoms with Gasteiger partial charge >= 0.3 is 0 Å². The number of hydrogen-bond acceptors (Lipinski definition) is 2. The lowest BCUT2D eigenvalue weighted by atomic mass is 10.1. The number of benzene rings is 1. The van der Waals surface area contributed by atoms with Crippen LogP contribution >= 0.6 is 0 Å². The highest BCUT2D eigenvalue weighted by atomic mass is 14.9.